The number of hydrogen-bond acceptors (Lipinski definition) is 3. The van der Waals surface area contributed by atoms with E-state index in [1.807, 2.05) is 0 Å². The van der Waals surface area contributed by atoms with Crippen molar-refractivity contribution in [2.75, 3.05) is 11.9 Å². The van der Waals surface area contributed by atoms with Gasteiger partial charge in [0, 0.05) is 12.1 Å². The van der Waals surface area contributed by atoms with E-state index in [1.165, 1.54) is 24.5 Å². The molecule has 118 valence electrons. The largest absolute Gasteiger partial charge is 0.418 e. The molecule has 0 unspecified atom stereocenters. The van der Waals surface area contributed by atoms with E-state index < -0.39 is 17.8 Å². The lowest BCUT2D eigenvalue weighted by atomic mass is 10.1. The zero-order chi connectivity index (χ0) is 16.0. The number of hydrogen-bond donors (Lipinski definition) is 2. The first-order chi connectivity index (χ1) is 10.5. The molecule has 0 aliphatic carbocycles. The third kappa shape index (κ3) is 4.51. The van der Waals surface area contributed by atoms with Gasteiger partial charge in [0.25, 0.3) is 0 Å². The highest BCUT2D eigenvalue weighted by atomic mass is 19.4. The predicted molar refractivity (Wildman–Crippen MR) is 73.3 cm³/mol. The van der Waals surface area contributed by atoms with E-state index in [1.54, 1.807) is 6.20 Å². The Bertz CT molecular complexity index is 612. The van der Waals surface area contributed by atoms with Gasteiger partial charge in [-0.1, -0.05) is 17.3 Å². The average molecular weight is 313 g/mol. The number of carbonyl (C=O) groups is 1. The van der Waals surface area contributed by atoms with Gasteiger partial charge in [-0.15, -0.1) is 0 Å². The first-order valence-electron chi connectivity index (χ1n) is 6.56. The summed E-state index contributed by atoms with van der Waals surface area (Å²) < 4.78 is 43.0. The van der Waals surface area contributed by atoms with Crippen LogP contribution in [0, 0.1) is 0 Å². The summed E-state index contributed by atoms with van der Waals surface area (Å²) in [6, 6.07) is 4.14. The molecule has 1 aromatic heterocycles. The van der Waals surface area contributed by atoms with E-state index in [2.05, 4.69) is 20.3 Å². The summed E-state index contributed by atoms with van der Waals surface area (Å²) in [6.45, 7) is 0.325. The normalized spacial score (nSPS) is 11.2. The van der Waals surface area contributed by atoms with E-state index in [0.29, 0.717) is 19.4 Å². The number of carbonyl (C=O) groups excluding carboxylic acids is 1. The van der Waals surface area contributed by atoms with Gasteiger partial charge in [-0.25, -0.2) is 4.79 Å². The lowest BCUT2D eigenvalue weighted by Gasteiger charge is -2.13. The molecule has 2 rings (SSSR count). The van der Waals surface area contributed by atoms with Crippen molar-refractivity contribution < 1.29 is 22.5 Å². The predicted octanol–water partition coefficient (Wildman–Crippen LogP) is 3.45. The van der Waals surface area contributed by atoms with Crippen LogP contribution in [0.25, 0.3) is 0 Å². The molecular weight excluding hydrogens is 299 g/mol. The highest BCUT2D eigenvalue weighted by Gasteiger charge is 2.33. The van der Waals surface area contributed by atoms with E-state index in [-0.39, 0.29) is 5.69 Å². The van der Waals surface area contributed by atoms with Crippen LogP contribution in [0.2, 0.25) is 0 Å². The number of urea groups is 1. The van der Waals surface area contributed by atoms with Gasteiger partial charge in [0.1, 0.15) is 6.26 Å². The maximum absolute atomic E-state index is 12.8. The molecule has 22 heavy (non-hydrogen) atoms. The monoisotopic (exact) mass is 313 g/mol. The highest BCUT2D eigenvalue weighted by Crippen LogP contribution is 2.34. The molecule has 1 aromatic carbocycles. The number of alkyl halides is 3. The van der Waals surface area contributed by atoms with Crippen LogP contribution in [0.4, 0.5) is 23.7 Å². The molecule has 2 aromatic rings. The molecule has 0 fully saturated rings. The molecule has 0 spiro atoms. The summed E-state index contributed by atoms with van der Waals surface area (Å²) in [5.74, 6) is 0. The lowest BCUT2D eigenvalue weighted by molar-refractivity contribution is -0.136. The summed E-state index contributed by atoms with van der Waals surface area (Å²) in [7, 11) is 0. The fraction of sp³-hybridized carbons (Fsp3) is 0.286. The van der Waals surface area contributed by atoms with Crippen LogP contribution in [0.1, 0.15) is 17.5 Å². The van der Waals surface area contributed by atoms with E-state index in [4.69, 9.17) is 0 Å². The maximum Gasteiger partial charge on any atom is 0.418 e. The first kappa shape index (κ1) is 15.9. The third-order valence-electron chi connectivity index (χ3n) is 2.89. The summed E-state index contributed by atoms with van der Waals surface area (Å²) in [5, 5.41) is 8.26. The minimum Gasteiger partial charge on any atom is -0.364 e. The van der Waals surface area contributed by atoms with E-state index in [9.17, 15) is 18.0 Å². The van der Waals surface area contributed by atoms with Crippen LogP contribution in [-0.2, 0) is 12.6 Å². The van der Waals surface area contributed by atoms with Gasteiger partial charge in [0.2, 0.25) is 0 Å². The van der Waals surface area contributed by atoms with E-state index in [0.717, 1.165) is 11.6 Å². The lowest BCUT2D eigenvalue weighted by Crippen LogP contribution is -2.30. The van der Waals surface area contributed by atoms with Crippen molar-refractivity contribution in [1.82, 2.24) is 10.5 Å². The average Bonchev–Trinajstić information content (AvgIpc) is 2.96. The van der Waals surface area contributed by atoms with Crippen molar-refractivity contribution >= 4 is 11.7 Å². The smallest absolute Gasteiger partial charge is 0.364 e. The molecule has 1 heterocycles. The molecule has 0 atom stereocenters. The Morgan fingerprint density at radius 2 is 2.05 bits per heavy atom. The van der Waals surface area contributed by atoms with Crippen LogP contribution in [0.15, 0.2) is 41.2 Å². The number of nitrogens with zero attached hydrogens (tertiary/aromatic N) is 1. The molecule has 2 N–H and O–H groups in total. The van der Waals surface area contributed by atoms with Gasteiger partial charge in [-0.05, 0) is 25.0 Å². The standard InChI is InChI=1S/C14H14F3N3O2/c15-14(16,17)11-5-1-2-6-12(11)20-13(21)18-7-3-4-10-8-19-22-9-10/h1-2,5-6,8-9H,3-4,7H2,(H2,18,20,21). The Morgan fingerprint density at radius 3 is 2.73 bits per heavy atom. The number of anilines is 1. The van der Waals surface area contributed by atoms with Crippen LogP contribution < -0.4 is 10.6 Å². The van der Waals surface area contributed by atoms with Crippen LogP contribution in [0.5, 0.6) is 0 Å². The molecular formula is C14H14F3N3O2. The van der Waals surface area contributed by atoms with E-state index >= 15 is 0 Å². The SMILES string of the molecule is O=C(NCCCc1cnoc1)Nc1ccccc1C(F)(F)F. The zero-order valence-electron chi connectivity index (χ0n) is 11.5. The Hall–Kier alpha value is -2.51. The van der Waals surface area contributed by atoms with Crippen molar-refractivity contribution in [1.29, 1.82) is 0 Å². The number of para-hydroxylation sites is 1. The first-order valence-corrected chi connectivity index (χ1v) is 6.56. The summed E-state index contributed by atoms with van der Waals surface area (Å²) in [5.41, 5.74) is -0.259. The molecule has 0 radical (unpaired) electrons. The Morgan fingerprint density at radius 1 is 1.27 bits per heavy atom. The van der Waals surface area contributed by atoms with Gasteiger partial charge in [0.05, 0.1) is 17.4 Å². The number of nitrogens with one attached hydrogen (secondary N) is 2. The van der Waals surface area contributed by atoms with Crippen molar-refractivity contribution in [3.8, 4) is 0 Å². The fourth-order valence-corrected chi connectivity index (χ4v) is 1.85. The van der Waals surface area contributed by atoms with Gasteiger partial charge >= 0.3 is 12.2 Å². The molecule has 5 nitrogen and oxygen atoms in total. The topological polar surface area (TPSA) is 67.2 Å². The van der Waals surface area contributed by atoms with Gasteiger partial charge < -0.3 is 15.2 Å². The number of aryl methyl sites for hydroxylation is 1. The Labute approximate surface area is 124 Å². The minimum absolute atomic E-state index is 0.272. The minimum atomic E-state index is -4.52. The van der Waals surface area contributed by atoms with Gasteiger partial charge in [-0.3, -0.25) is 0 Å². The highest BCUT2D eigenvalue weighted by molar-refractivity contribution is 5.90. The molecule has 0 aliphatic rings. The molecule has 0 aliphatic heterocycles. The number of aromatic nitrogens is 1. The zero-order valence-corrected chi connectivity index (χ0v) is 11.5. The van der Waals surface area contributed by atoms with Crippen LogP contribution >= 0.6 is 0 Å². The Kier molecular flexibility index (Phi) is 5.03. The van der Waals surface area contributed by atoms with Crippen molar-refractivity contribution in [3.63, 3.8) is 0 Å². The van der Waals surface area contributed by atoms with Gasteiger partial charge in [0.15, 0.2) is 0 Å². The Balaban J connectivity index is 1.82. The van der Waals surface area contributed by atoms with Crippen molar-refractivity contribution in [2.24, 2.45) is 0 Å². The number of rotatable bonds is 5. The third-order valence-corrected chi connectivity index (χ3v) is 2.89. The second-order valence-corrected chi connectivity index (χ2v) is 4.56. The molecule has 0 bridgehead atoms. The quantitative estimate of drug-likeness (QED) is 0.831. The number of halogens is 3. The molecule has 8 heteroatoms. The second kappa shape index (κ2) is 6.97. The molecule has 0 saturated heterocycles. The maximum atomic E-state index is 12.8. The summed E-state index contributed by atoms with van der Waals surface area (Å²) in [4.78, 5) is 11.6. The number of amides is 2. The fourth-order valence-electron chi connectivity index (χ4n) is 1.85. The summed E-state index contributed by atoms with van der Waals surface area (Å²) in [6.07, 6.45) is -0.171. The van der Waals surface area contributed by atoms with Gasteiger partial charge in [-0.2, -0.15) is 13.2 Å². The molecule has 0 saturated carbocycles. The second-order valence-electron chi connectivity index (χ2n) is 4.56. The number of benzene rings is 1. The molecule has 2 amide bonds. The van der Waals surface area contributed by atoms with Crippen molar-refractivity contribution in [3.05, 3.63) is 47.9 Å². The van der Waals surface area contributed by atoms with Crippen molar-refractivity contribution in [2.45, 2.75) is 19.0 Å². The van der Waals surface area contributed by atoms with Crippen LogP contribution in [0.3, 0.4) is 0 Å². The summed E-state index contributed by atoms with van der Waals surface area (Å²) >= 11 is 0. The van der Waals surface area contributed by atoms with Crippen LogP contribution in [-0.4, -0.2) is 17.7 Å².